The molecule has 3 heterocycles. The molecule has 5 heteroatoms. The second-order valence-corrected chi connectivity index (χ2v) is 8.80. The molecule has 1 spiro atoms. The van der Waals surface area contributed by atoms with Crippen LogP contribution in [0.25, 0.3) is 0 Å². The van der Waals surface area contributed by atoms with Gasteiger partial charge in [-0.1, -0.05) is 37.3 Å². The molecule has 27 heavy (non-hydrogen) atoms. The summed E-state index contributed by atoms with van der Waals surface area (Å²) in [6, 6.07) is 12.0. The highest BCUT2D eigenvalue weighted by Crippen LogP contribution is 2.47. The van der Waals surface area contributed by atoms with Gasteiger partial charge in [0, 0.05) is 38.6 Å². The molecule has 2 aromatic rings. The SMILES string of the molecule is CCc1nc(N2CCC3(CC2)C[C@@H](c2ccccc2)CN(C2CC2)C3)no1. The molecular weight excluding hydrogens is 336 g/mol. The van der Waals surface area contributed by atoms with E-state index in [0.717, 1.165) is 37.4 Å². The zero-order valence-corrected chi connectivity index (χ0v) is 16.3. The van der Waals surface area contributed by atoms with Crippen molar-refractivity contribution in [2.24, 2.45) is 5.41 Å². The molecule has 2 aliphatic heterocycles. The van der Waals surface area contributed by atoms with Gasteiger partial charge in [-0.05, 0) is 54.2 Å². The largest absolute Gasteiger partial charge is 0.338 e. The summed E-state index contributed by atoms with van der Waals surface area (Å²) < 4.78 is 5.32. The van der Waals surface area contributed by atoms with Crippen LogP contribution < -0.4 is 4.90 Å². The molecule has 1 aliphatic carbocycles. The Morgan fingerprint density at radius 2 is 1.93 bits per heavy atom. The lowest BCUT2D eigenvalue weighted by molar-refractivity contribution is 0.0458. The topological polar surface area (TPSA) is 45.4 Å². The Kier molecular flexibility index (Phi) is 4.43. The zero-order valence-electron chi connectivity index (χ0n) is 16.3. The number of likely N-dealkylation sites (tertiary alicyclic amines) is 1. The van der Waals surface area contributed by atoms with Crippen molar-refractivity contribution in [2.75, 3.05) is 31.1 Å². The van der Waals surface area contributed by atoms with E-state index in [1.165, 1.54) is 50.8 Å². The van der Waals surface area contributed by atoms with Crippen molar-refractivity contribution in [3.05, 3.63) is 41.8 Å². The molecule has 3 aliphatic rings. The Labute approximate surface area is 161 Å². The number of aromatic nitrogens is 2. The summed E-state index contributed by atoms with van der Waals surface area (Å²) >= 11 is 0. The lowest BCUT2D eigenvalue weighted by Crippen LogP contribution is -2.52. The van der Waals surface area contributed by atoms with Crippen LogP contribution in [0, 0.1) is 5.41 Å². The van der Waals surface area contributed by atoms with Gasteiger partial charge < -0.3 is 9.42 Å². The lowest BCUT2D eigenvalue weighted by Gasteiger charge is -2.50. The van der Waals surface area contributed by atoms with Crippen LogP contribution in [0.4, 0.5) is 5.95 Å². The molecule has 3 fully saturated rings. The molecule has 5 nitrogen and oxygen atoms in total. The van der Waals surface area contributed by atoms with Crippen molar-refractivity contribution in [3.63, 3.8) is 0 Å². The first-order valence-corrected chi connectivity index (χ1v) is 10.6. The van der Waals surface area contributed by atoms with E-state index in [0.29, 0.717) is 11.3 Å². The molecule has 0 bridgehead atoms. The highest BCUT2D eigenvalue weighted by Gasteiger charge is 2.45. The third-order valence-electron chi connectivity index (χ3n) is 6.87. The van der Waals surface area contributed by atoms with Crippen LogP contribution in [-0.4, -0.2) is 47.3 Å². The zero-order chi connectivity index (χ0) is 18.3. The average Bonchev–Trinajstić information content (AvgIpc) is 3.46. The standard InChI is InChI=1S/C22H30N4O/c1-2-20-23-21(24-27-20)25-12-10-22(11-13-25)14-18(17-6-4-3-5-7-17)15-26(16-22)19-8-9-19/h3-7,18-19H,2,8-16H2,1H3/t18-/m1/s1. The van der Waals surface area contributed by atoms with E-state index in [1.54, 1.807) is 0 Å². The quantitative estimate of drug-likeness (QED) is 0.822. The third-order valence-corrected chi connectivity index (χ3v) is 6.87. The minimum Gasteiger partial charge on any atom is -0.338 e. The van der Waals surface area contributed by atoms with E-state index in [2.05, 4.69) is 57.2 Å². The number of rotatable bonds is 4. The fourth-order valence-electron chi connectivity index (χ4n) is 5.16. The van der Waals surface area contributed by atoms with Gasteiger partial charge in [-0.2, -0.15) is 4.98 Å². The Balaban J connectivity index is 1.32. The van der Waals surface area contributed by atoms with Gasteiger partial charge in [0.1, 0.15) is 0 Å². The maximum Gasteiger partial charge on any atom is 0.266 e. The van der Waals surface area contributed by atoms with E-state index in [-0.39, 0.29) is 0 Å². The molecule has 1 aromatic heterocycles. The van der Waals surface area contributed by atoms with Crippen LogP contribution in [0.5, 0.6) is 0 Å². The first-order chi connectivity index (χ1) is 13.2. The summed E-state index contributed by atoms with van der Waals surface area (Å²) in [5.74, 6) is 2.20. The van der Waals surface area contributed by atoms with E-state index in [4.69, 9.17) is 4.52 Å². The van der Waals surface area contributed by atoms with E-state index >= 15 is 0 Å². The molecule has 1 aromatic carbocycles. The van der Waals surface area contributed by atoms with Crippen molar-refractivity contribution < 1.29 is 4.52 Å². The number of nitrogens with zero attached hydrogens (tertiary/aromatic N) is 4. The van der Waals surface area contributed by atoms with Gasteiger partial charge in [0.2, 0.25) is 5.89 Å². The molecule has 1 atom stereocenters. The summed E-state index contributed by atoms with van der Waals surface area (Å²) in [5.41, 5.74) is 1.96. The van der Waals surface area contributed by atoms with Gasteiger partial charge in [0.25, 0.3) is 5.95 Å². The molecule has 0 amide bonds. The Hall–Kier alpha value is -1.88. The van der Waals surface area contributed by atoms with E-state index in [9.17, 15) is 0 Å². The fourth-order valence-corrected chi connectivity index (χ4v) is 5.16. The van der Waals surface area contributed by atoms with Gasteiger partial charge in [-0.3, -0.25) is 4.90 Å². The van der Waals surface area contributed by atoms with Crippen LogP contribution in [-0.2, 0) is 6.42 Å². The highest BCUT2D eigenvalue weighted by atomic mass is 16.5. The Morgan fingerprint density at radius 3 is 2.59 bits per heavy atom. The Bertz CT molecular complexity index is 762. The maximum atomic E-state index is 5.32. The van der Waals surface area contributed by atoms with Gasteiger partial charge in [0.05, 0.1) is 0 Å². The van der Waals surface area contributed by atoms with Gasteiger partial charge in [-0.25, -0.2) is 0 Å². The minimum atomic E-state index is 0.440. The number of benzene rings is 1. The van der Waals surface area contributed by atoms with Gasteiger partial charge >= 0.3 is 0 Å². The first-order valence-electron chi connectivity index (χ1n) is 10.6. The number of hydrogen-bond acceptors (Lipinski definition) is 5. The molecule has 0 N–H and O–H groups in total. The van der Waals surface area contributed by atoms with Crippen molar-refractivity contribution in [2.45, 2.75) is 57.4 Å². The number of piperidine rings is 2. The summed E-state index contributed by atoms with van der Waals surface area (Å²) in [6.45, 7) is 6.66. The highest BCUT2D eigenvalue weighted by molar-refractivity contribution is 5.30. The molecule has 144 valence electrons. The molecule has 0 radical (unpaired) electrons. The second kappa shape index (κ2) is 6.93. The fraction of sp³-hybridized carbons (Fsp3) is 0.636. The lowest BCUT2D eigenvalue weighted by atomic mass is 9.68. The summed E-state index contributed by atoms with van der Waals surface area (Å²) in [6.07, 6.45) is 7.38. The van der Waals surface area contributed by atoms with Crippen molar-refractivity contribution in [3.8, 4) is 0 Å². The first kappa shape index (κ1) is 17.2. The molecule has 5 rings (SSSR count). The van der Waals surface area contributed by atoms with Crippen LogP contribution in [0.2, 0.25) is 0 Å². The van der Waals surface area contributed by atoms with Crippen molar-refractivity contribution in [1.29, 1.82) is 0 Å². The van der Waals surface area contributed by atoms with Crippen LogP contribution in [0.15, 0.2) is 34.9 Å². The van der Waals surface area contributed by atoms with Crippen molar-refractivity contribution >= 4 is 5.95 Å². The normalized spacial score (nSPS) is 25.8. The van der Waals surface area contributed by atoms with Crippen LogP contribution >= 0.6 is 0 Å². The number of aryl methyl sites for hydroxylation is 1. The van der Waals surface area contributed by atoms with Crippen LogP contribution in [0.3, 0.4) is 0 Å². The minimum absolute atomic E-state index is 0.440. The number of anilines is 1. The predicted molar refractivity (Wildman–Crippen MR) is 106 cm³/mol. The number of hydrogen-bond donors (Lipinski definition) is 0. The van der Waals surface area contributed by atoms with Gasteiger partial charge in [0.15, 0.2) is 0 Å². The van der Waals surface area contributed by atoms with Crippen LogP contribution in [0.1, 0.15) is 56.4 Å². The van der Waals surface area contributed by atoms with Crippen molar-refractivity contribution in [1.82, 2.24) is 15.0 Å². The smallest absolute Gasteiger partial charge is 0.266 e. The third kappa shape index (κ3) is 3.49. The molecule has 0 unspecified atom stereocenters. The average molecular weight is 367 g/mol. The summed E-state index contributed by atoms with van der Waals surface area (Å²) in [7, 11) is 0. The molecular formula is C22H30N4O. The van der Waals surface area contributed by atoms with E-state index < -0.39 is 0 Å². The predicted octanol–water partition coefficient (Wildman–Crippen LogP) is 3.87. The maximum absolute atomic E-state index is 5.32. The monoisotopic (exact) mass is 366 g/mol. The van der Waals surface area contributed by atoms with Gasteiger partial charge in [-0.15, -0.1) is 0 Å². The molecule has 2 saturated heterocycles. The Morgan fingerprint density at radius 1 is 1.15 bits per heavy atom. The van der Waals surface area contributed by atoms with E-state index in [1.807, 2.05) is 0 Å². The summed E-state index contributed by atoms with van der Waals surface area (Å²) in [4.78, 5) is 9.67. The second-order valence-electron chi connectivity index (χ2n) is 8.80. The summed E-state index contributed by atoms with van der Waals surface area (Å²) in [5, 5.41) is 4.19. The molecule has 1 saturated carbocycles.